The van der Waals surface area contributed by atoms with Crippen LogP contribution in [0.4, 0.5) is 4.39 Å². The molecule has 2 N–H and O–H groups in total. The molecule has 0 aliphatic carbocycles. The van der Waals surface area contributed by atoms with Gasteiger partial charge in [0.2, 0.25) is 5.56 Å². The first-order valence-electron chi connectivity index (χ1n) is 6.25. The van der Waals surface area contributed by atoms with Crippen LogP contribution in [0.1, 0.15) is 10.4 Å². The van der Waals surface area contributed by atoms with Crippen molar-refractivity contribution in [2.75, 3.05) is 27.2 Å². The Hall–Kier alpha value is -2.21. The van der Waals surface area contributed by atoms with Gasteiger partial charge in [0.05, 0.1) is 11.1 Å². The number of carbonyl (C=O) groups excluding carboxylic acids is 1. The number of hydrogen-bond donors (Lipinski definition) is 2. The number of amides is 1. The summed E-state index contributed by atoms with van der Waals surface area (Å²) in [5.74, 6) is -0.718. The van der Waals surface area contributed by atoms with Crippen molar-refractivity contribution in [3.8, 4) is 0 Å². The van der Waals surface area contributed by atoms with Crippen molar-refractivity contribution in [2.24, 2.45) is 0 Å². The number of aromatic nitrogens is 1. The molecular formula is C14H16FN3O2. The molecule has 6 heteroatoms. The van der Waals surface area contributed by atoms with Gasteiger partial charge in [-0.25, -0.2) is 4.39 Å². The predicted octanol–water partition coefficient (Wildman–Crippen LogP) is 0.959. The fourth-order valence-electron chi connectivity index (χ4n) is 2.00. The lowest BCUT2D eigenvalue weighted by Gasteiger charge is -2.17. The highest BCUT2D eigenvalue weighted by Crippen LogP contribution is 2.17. The van der Waals surface area contributed by atoms with Crippen LogP contribution in [0.5, 0.6) is 0 Å². The lowest BCUT2D eigenvalue weighted by molar-refractivity contribution is 0.0798. The first-order valence-corrected chi connectivity index (χ1v) is 6.25. The number of nitrogens with zero attached hydrogens (tertiary/aromatic N) is 1. The Balaban J connectivity index is 2.48. The van der Waals surface area contributed by atoms with Crippen molar-refractivity contribution in [2.45, 2.75) is 0 Å². The number of hydrogen-bond acceptors (Lipinski definition) is 3. The molecule has 1 aromatic heterocycles. The van der Waals surface area contributed by atoms with E-state index in [1.165, 1.54) is 29.2 Å². The van der Waals surface area contributed by atoms with Crippen LogP contribution in [0.15, 0.2) is 29.1 Å². The molecule has 0 saturated carbocycles. The zero-order chi connectivity index (χ0) is 14.7. The third kappa shape index (κ3) is 2.85. The highest BCUT2D eigenvalue weighted by Gasteiger charge is 2.16. The summed E-state index contributed by atoms with van der Waals surface area (Å²) in [5, 5.41) is 3.48. The van der Waals surface area contributed by atoms with Gasteiger partial charge in [-0.15, -0.1) is 0 Å². The van der Waals surface area contributed by atoms with E-state index in [-0.39, 0.29) is 11.5 Å². The van der Waals surface area contributed by atoms with Crippen molar-refractivity contribution in [1.82, 2.24) is 15.2 Å². The lowest BCUT2D eigenvalue weighted by atomic mass is 10.1. The molecule has 1 heterocycles. The SMILES string of the molecule is CNCCN(C)C(=O)c1cc(=O)[nH]c2cc(F)ccc12. The first-order chi connectivity index (χ1) is 9.52. The number of halogens is 1. The fourth-order valence-corrected chi connectivity index (χ4v) is 2.00. The molecule has 1 amide bonds. The number of aromatic amines is 1. The molecular weight excluding hydrogens is 261 g/mol. The highest BCUT2D eigenvalue weighted by molar-refractivity contribution is 6.05. The Bertz CT molecular complexity index is 696. The van der Waals surface area contributed by atoms with Gasteiger partial charge in [0.1, 0.15) is 5.82 Å². The molecule has 0 fully saturated rings. The normalized spacial score (nSPS) is 10.8. The number of nitrogens with one attached hydrogen (secondary N) is 2. The summed E-state index contributed by atoms with van der Waals surface area (Å²) in [6.07, 6.45) is 0. The molecule has 2 rings (SSSR count). The van der Waals surface area contributed by atoms with E-state index in [2.05, 4.69) is 10.3 Å². The predicted molar refractivity (Wildman–Crippen MR) is 75.4 cm³/mol. The van der Waals surface area contributed by atoms with Crippen molar-refractivity contribution >= 4 is 16.8 Å². The maximum atomic E-state index is 13.2. The Kier molecular flexibility index (Phi) is 4.14. The third-order valence-electron chi connectivity index (χ3n) is 3.08. The fraction of sp³-hybridized carbons (Fsp3) is 0.286. The molecule has 0 aliphatic heterocycles. The molecule has 0 bridgehead atoms. The van der Waals surface area contributed by atoms with E-state index in [1.54, 1.807) is 14.1 Å². The van der Waals surface area contributed by atoms with Crippen LogP contribution in [0.3, 0.4) is 0 Å². The van der Waals surface area contributed by atoms with Gasteiger partial charge < -0.3 is 15.2 Å². The maximum absolute atomic E-state index is 13.2. The van der Waals surface area contributed by atoms with E-state index in [9.17, 15) is 14.0 Å². The monoisotopic (exact) mass is 277 g/mol. The minimum absolute atomic E-state index is 0.261. The average molecular weight is 277 g/mol. The molecule has 106 valence electrons. The van der Waals surface area contributed by atoms with Crippen LogP contribution >= 0.6 is 0 Å². The molecule has 0 spiro atoms. The summed E-state index contributed by atoms with van der Waals surface area (Å²) < 4.78 is 13.2. The number of pyridine rings is 1. The minimum Gasteiger partial charge on any atom is -0.340 e. The van der Waals surface area contributed by atoms with Gasteiger partial charge in [0.25, 0.3) is 5.91 Å². The Morgan fingerprint density at radius 2 is 2.15 bits per heavy atom. The van der Waals surface area contributed by atoms with E-state index < -0.39 is 11.4 Å². The van der Waals surface area contributed by atoms with E-state index in [0.29, 0.717) is 24.0 Å². The van der Waals surface area contributed by atoms with E-state index in [1.807, 2.05) is 0 Å². The van der Waals surface area contributed by atoms with Crippen LogP contribution in [-0.4, -0.2) is 43.0 Å². The van der Waals surface area contributed by atoms with E-state index in [0.717, 1.165) is 0 Å². The van der Waals surface area contributed by atoms with Crippen LogP contribution in [0.25, 0.3) is 10.9 Å². The molecule has 20 heavy (non-hydrogen) atoms. The lowest BCUT2D eigenvalue weighted by Crippen LogP contribution is -2.33. The topological polar surface area (TPSA) is 65.2 Å². The minimum atomic E-state index is -0.457. The summed E-state index contributed by atoms with van der Waals surface area (Å²) in [7, 11) is 3.46. The van der Waals surface area contributed by atoms with Gasteiger partial charge >= 0.3 is 0 Å². The smallest absolute Gasteiger partial charge is 0.254 e. The van der Waals surface area contributed by atoms with Gasteiger partial charge in [0.15, 0.2) is 0 Å². The molecule has 0 aliphatic rings. The number of rotatable bonds is 4. The van der Waals surface area contributed by atoms with Crippen LogP contribution in [-0.2, 0) is 0 Å². The third-order valence-corrected chi connectivity index (χ3v) is 3.08. The van der Waals surface area contributed by atoms with Crippen molar-refractivity contribution in [3.05, 3.63) is 46.0 Å². The van der Waals surface area contributed by atoms with Crippen LogP contribution in [0, 0.1) is 5.82 Å². The molecule has 0 saturated heterocycles. The summed E-state index contributed by atoms with van der Waals surface area (Å²) in [6, 6.07) is 5.23. The largest absolute Gasteiger partial charge is 0.340 e. The molecule has 0 radical (unpaired) electrons. The van der Waals surface area contributed by atoms with Gasteiger partial charge in [-0.2, -0.15) is 0 Å². The second kappa shape index (κ2) is 5.83. The van der Waals surface area contributed by atoms with Crippen molar-refractivity contribution in [3.63, 3.8) is 0 Å². The maximum Gasteiger partial charge on any atom is 0.254 e. The number of H-pyrrole nitrogens is 1. The number of benzene rings is 1. The summed E-state index contributed by atoms with van der Waals surface area (Å²) in [5.41, 5.74) is 0.179. The average Bonchev–Trinajstić information content (AvgIpc) is 2.42. The second-order valence-corrected chi connectivity index (χ2v) is 4.57. The number of carbonyl (C=O) groups is 1. The molecule has 5 nitrogen and oxygen atoms in total. The van der Waals surface area contributed by atoms with Gasteiger partial charge in [-0.05, 0) is 25.2 Å². The van der Waals surface area contributed by atoms with E-state index in [4.69, 9.17) is 0 Å². The van der Waals surface area contributed by atoms with Gasteiger partial charge in [-0.1, -0.05) is 0 Å². The Labute approximate surface area is 115 Å². The molecule has 0 unspecified atom stereocenters. The molecule has 1 aromatic carbocycles. The van der Waals surface area contributed by atoms with Crippen LogP contribution in [0.2, 0.25) is 0 Å². The van der Waals surface area contributed by atoms with Gasteiger partial charge in [0, 0.05) is 31.6 Å². The zero-order valence-electron chi connectivity index (χ0n) is 11.4. The second-order valence-electron chi connectivity index (χ2n) is 4.57. The zero-order valence-corrected chi connectivity index (χ0v) is 11.4. The summed E-state index contributed by atoms with van der Waals surface area (Å²) >= 11 is 0. The standard InChI is InChI=1S/C14H16FN3O2/c1-16-5-6-18(2)14(20)11-8-13(19)17-12-7-9(15)3-4-10(11)12/h3-4,7-8,16H,5-6H2,1-2H3,(H,17,19). The Morgan fingerprint density at radius 1 is 1.40 bits per heavy atom. The van der Waals surface area contributed by atoms with E-state index >= 15 is 0 Å². The van der Waals surface area contributed by atoms with Crippen molar-refractivity contribution in [1.29, 1.82) is 0 Å². The molecule has 2 aromatic rings. The number of likely N-dealkylation sites (N-methyl/N-ethyl adjacent to an activating group) is 2. The van der Waals surface area contributed by atoms with Crippen molar-refractivity contribution < 1.29 is 9.18 Å². The highest BCUT2D eigenvalue weighted by atomic mass is 19.1. The molecule has 0 atom stereocenters. The number of fused-ring (bicyclic) bond motifs is 1. The Morgan fingerprint density at radius 3 is 2.85 bits per heavy atom. The quantitative estimate of drug-likeness (QED) is 0.875. The van der Waals surface area contributed by atoms with Gasteiger partial charge in [-0.3, -0.25) is 9.59 Å². The first kappa shape index (κ1) is 14.2. The summed E-state index contributed by atoms with van der Waals surface area (Å²) in [4.78, 5) is 28.0. The van der Waals surface area contributed by atoms with Crippen LogP contribution < -0.4 is 10.9 Å². The summed E-state index contributed by atoms with van der Waals surface area (Å²) in [6.45, 7) is 1.17.